The van der Waals surface area contributed by atoms with Gasteiger partial charge in [-0.1, -0.05) is 26.8 Å². The molecule has 1 rings (SSSR count). The Morgan fingerprint density at radius 1 is 1.19 bits per heavy atom. The van der Waals surface area contributed by atoms with E-state index in [1.165, 1.54) is 18.2 Å². The highest BCUT2D eigenvalue weighted by Crippen LogP contribution is 2.24. The lowest BCUT2D eigenvalue weighted by Gasteiger charge is -2.25. The molecule has 0 saturated carbocycles. The molecule has 0 spiro atoms. The van der Waals surface area contributed by atoms with Crippen LogP contribution >= 0.6 is 0 Å². The minimum Gasteiger partial charge on any atom is -0.316 e. The van der Waals surface area contributed by atoms with Crippen molar-refractivity contribution in [1.29, 1.82) is 0 Å². The first-order chi connectivity index (χ1) is 7.46. The molecule has 0 unspecified atom stereocenters. The molecule has 0 aliphatic rings. The fraction of sp³-hybridized carbons (Fsp3) is 0.538. The van der Waals surface area contributed by atoms with E-state index in [-0.39, 0.29) is 11.0 Å². The third-order valence-electron chi connectivity index (χ3n) is 2.57. The summed E-state index contributed by atoms with van der Waals surface area (Å²) >= 11 is 0. The van der Waals surface area contributed by atoms with Crippen LogP contribution in [0.3, 0.4) is 0 Å². The Morgan fingerprint density at radius 2 is 1.75 bits per heavy atom. The lowest BCUT2D eigenvalue weighted by atomic mass is 9.85. The highest BCUT2D eigenvalue weighted by Gasteiger charge is 2.21. The van der Waals surface area contributed by atoms with Crippen LogP contribution in [0.2, 0.25) is 0 Å². The molecule has 1 aromatic rings. The first-order valence-corrected chi connectivity index (χ1v) is 5.60. The molecule has 0 heterocycles. The van der Waals surface area contributed by atoms with Crippen LogP contribution in [-0.2, 0) is 6.42 Å². The topological polar surface area (TPSA) is 12.0 Å². The summed E-state index contributed by atoms with van der Waals surface area (Å²) in [6.45, 7) is 7.63. The summed E-state index contributed by atoms with van der Waals surface area (Å²) in [7, 11) is 0. The van der Waals surface area contributed by atoms with E-state index >= 15 is 0 Å². The zero-order valence-electron chi connectivity index (χ0n) is 10.1. The van der Waals surface area contributed by atoms with Crippen LogP contribution in [0.5, 0.6) is 0 Å². The Kier molecular flexibility index (Phi) is 4.42. The van der Waals surface area contributed by atoms with E-state index in [1.807, 2.05) is 20.8 Å². The summed E-state index contributed by atoms with van der Waals surface area (Å²) in [6, 6.07) is 4.01. The Morgan fingerprint density at radius 3 is 2.25 bits per heavy atom. The van der Waals surface area contributed by atoms with Crippen molar-refractivity contribution < 1.29 is 8.78 Å². The molecule has 1 N–H and O–H groups in total. The largest absolute Gasteiger partial charge is 0.316 e. The Bertz CT molecular complexity index is 328. The van der Waals surface area contributed by atoms with Crippen LogP contribution in [0, 0.1) is 17.0 Å². The van der Waals surface area contributed by atoms with Crippen LogP contribution in [0.15, 0.2) is 18.2 Å². The van der Waals surface area contributed by atoms with Crippen LogP contribution in [-0.4, -0.2) is 13.1 Å². The molecule has 0 bridgehead atoms. The third-order valence-corrected chi connectivity index (χ3v) is 2.57. The van der Waals surface area contributed by atoms with Crippen molar-refractivity contribution in [3.63, 3.8) is 0 Å². The summed E-state index contributed by atoms with van der Waals surface area (Å²) < 4.78 is 26.9. The van der Waals surface area contributed by atoms with Gasteiger partial charge in [-0.15, -0.1) is 0 Å². The zero-order chi connectivity index (χ0) is 12.2. The lowest BCUT2D eigenvalue weighted by molar-refractivity contribution is 0.331. The monoisotopic (exact) mass is 227 g/mol. The van der Waals surface area contributed by atoms with Gasteiger partial charge in [0.15, 0.2) is 0 Å². The summed E-state index contributed by atoms with van der Waals surface area (Å²) in [5.74, 6) is -0.908. The number of hydrogen-bond donors (Lipinski definition) is 1. The van der Waals surface area contributed by atoms with E-state index in [1.54, 1.807) is 0 Å². The van der Waals surface area contributed by atoms with Crippen molar-refractivity contribution >= 4 is 0 Å². The van der Waals surface area contributed by atoms with E-state index in [4.69, 9.17) is 0 Å². The van der Waals surface area contributed by atoms with Gasteiger partial charge in [-0.25, -0.2) is 8.78 Å². The van der Waals surface area contributed by atoms with Gasteiger partial charge in [0.25, 0.3) is 0 Å². The molecule has 3 heteroatoms. The summed E-state index contributed by atoms with van der Waals surface area (Å²) in [5.41, 5.74) is 0.0318. The van der Waals surface area contributed by atoms with Gasteiger partial charge in [-0.05, 0) is 30.5 Å². The Balaban J connectivity index is 2.79. The maximum atomic E-state index is 13.4. The van der Waals surface area contributed by atoms with Gasteiger partial charge in [-0.3, -0.25) is 0 Å². The van der Waals surface area contributed by atoms with Crippen LogP contribution in [0.25, 0.3) is 0 Å². The number of halogens is 2. The van der Waals surface area contributed by atoms with Crippen molar-refractivity contribution in [2.24, 2.45) is 5.41 Å². The molecule has 90 valence electrons. The molecule has 0 amide bonds. The number of rotatable bonds is 5. The smallest absolute Gasteiger partial charge is 0.129 e. The van der Waals surface area contributed by atoms with Gasteiger partial charge < -0.3 is 5.32 Å². The summed E-state index contributed by atoms with van der Waals surface area (Å²) in [6.07, 6.45) is 0.401. The predicted molar refractivity (Wildman–Crippen MR) is 62.4 cm³/mol. The SMILES string of the molecule is CCNCC(C)(C)Cc1c(F)cccc1F. The predicted octanol–water partition coefficient (Wildman–Crippen LogP) is 3.14. The Hall–Kier alpha value is -0.960. The van der Waals surface area contributed by atoms with Crippen molar-refractivity contribution in [2.75, 3.05) is 13.1 Å². The van der Waals surface area contributed by atoms with Gasteiger partial charge in [0.2, 0.25) is 0 Å². The minimum atomic E-state index is -0.454. The van der Waals surface area contributed by atoms with E-state index in [2.05, 4.69) is 5.32 Å². The molecule has 0 aromatic heterocycles. The maximum absolute atomic E-state index is 13.4. The van der Waals surface area contributed by atoms with Crippen molar-refractivity contribution in [2.45, 2.75) is 27.2 Å². The first-order valence-electron chi connectivity index (χ1n) is 5.60. The lowest BCUT2D eigenvalue weighted by Crippen LogP contribution is -2.31. The average molecular weight is 227 g/mol. The molecule has 16 heavy (non-hydrogen) atoms. The van der Waals surface area contributed by atoms with Crippen LogP contribution in [0.1, 0.15) is 26.3 Å². The van der Waals surface area contributed by atoms with E-state index in [0.717, 1.165) is 13.1 Å². The molecule has 0 atom stereocenters. The van der Waals surface area contributed by atoms with Crippen LogP contribution in [0.4, 0.5) is 8.78 Å². The Labute approximate surface area is 95.9 Å². The standard InChI is InChI=1S/C13H19F2N/c1-4-16-9-13(2,3)8-10-11(14)6-5-7-12(10)15/h5-7,16H,4,8-9H2,1-3H3. The number of nitrogens with one attached hydrogen (secondary N) is 1. The molecule has 0 saturated heterocycles. The quantitative estimate of drug-likeness (QED) is 0.814. The van der Waals surface area contributed by atoms with Crippen molar-refractivity contribution in [3.05, 3.63) is 35.4 Å². The van der Waals surface area contributed by atoms with Gasteiger partial charge in [0.05, 0.1) is 0 Å². The van der Waals surface area contributed by atoms with E-state index in [0.29, 0.717) is 6.42 Å². The second-order valence-corrected chi connectivity index (χ2v) is 4.82. The van der Waals surface area contributed by atoms with Gasteiger partial charge in [-0.2, -0.15) is 0 Å². The molecule has 1 aromatic carbocycles. The summed E-state index contributed by atoms with van der Waals surface area (Å²) in [4.78, 5) is 0. The molecule has 0 aliphatic carbocycles. The second-order valence-electron chi connectivity index (χ2n) is 4.82. The molecular weight excluding hydrogens is 208 g/mol. The minimum absolute atomic E-state index is 0.154. The summed E-state index contributed by atoms with van der Waals surface area (Å²) in [5, 5.41) is 3.20. The molecule has 1 nitrogen and oxygen atoms in total. The van der Waals surface area contributed by atoms with E-state index < -0.39 is 11.6 Å². The fourth-order valence-corrected chi connectivity index (χ4v) is 1.71. The van der Waals surface area contributed by atoms with Gasteiger partial charge in [0.1, 0.15) is 11.6 Å². The highest BCUT2D eigenvalue weighted by atomic mass is 19.1. The van der Waals surface area contributed by atoms with E-state index in [9.17, 15) is 8.78 Å². The first kappa shape index (κ1) is 13.1. The molecule has 0 fully saturated rings. The molecule has 0 aliphatic heterocycles. The number of benzene rings is 1. The molecule has 0 radical (unpaired) electrons. The fourth-order valence-electron chi connectivity index (χ4n) is 1.71. The van der Waals surface area contributed by atoms with Crippen molar-refractivity contribution in [3.8, 4) is 0 Å². The molecular formula is C13H19F2N. The number of hydrogen-bond acceptors (Lipinski definition) is 1. The van der Waals surface area contributed by atoms with Crippen molar-refractivity contribution in [1.82, 2.24) is 5.32 Å². The zero-order valence-corrected chi connectivity index (χ0v) is 10.1. The third kappa shape index (κ3) is 3.56. The van der Waals surface area contributed by atoms with Gasteiger partial charge >= 0.3 is 0 Å². The normalized spacial score (nSPS) is 11.8. The average Bonchev–Trinajstić information content (AvgIpc) is 2.21. The maximum Gasteiger partial charge on any atom is 0.129 e. The second kappa shape index (κ2) is 5.39. The highest BCUT2D eigenvalue weighted by molar-refractivity contribution is 5.21. The van der Waals surface area contributed by atoms with Crippen LogP contribution < -0.4 is 5.32 Å². The van der Waals surface area contributed by atoms with Gasteiger partial charge in [0, 0.05) is 12.1 Å².